The molecule has 0 aliphatic carbocycles. The van der Waals surface area contributed by atoms with Gasteiger partial charge in [-0.1, -0.05) is 13.3 Å². The van der Waals surface area contributed by atoms with Crippen LogP contribution in [0.1, 0.15) is 25.3 Å². The van der Waals surface area contributed by atoms with Gasteiger partial charge in [-0.25, -0.2) is 0 Å². The van der Waals surface area contributed by atoms with E-state index in [0.29, 0.717) is 0 Å². The highest BCUT2D eigenvalue weighted by molar-refractivity contribution is 14.1. The predicted octanol–water partition coefficient (Wildman–Crippen LogP) is 3.03. The molecular weight excluding hydrogens is 249 g/mol. The molecule has 0 saturated heterocycles. The number of unbranched alkanes of at least 4 members (excludes halogenated alkanes) is 1. The Hall–Kier alpha value is -0.120. The van der Waals surface area contributed by atoms with Crippen LogP contribution < -0.4 is 0 Å². The van der Waals surface area contributed by atoms with E-state index in [-0.39, 0.29) is 0 Å². The summed E-state index contributed by atoms with van der Waals surface area (Å²) in [7, 11) is 0. The van der Waals surface area contributed by atoms with Crippen molar-refractivity contribution < 1.29 is 0 Å². The third kappa shape index (κ3) is 3.18. The van der Waals surface area contributed by atoms with E-state index in [0.717, 1.165) is 3.70 Å². The summed E-state index contributed by atoms with van der Waals surface area (Å²) in [6, 6.07) is 4.24. The van der Waals surface area contributed by atoms with E-state index in [1.54, 1.807) is 0 Å². The summed E-state index contributed by atoms with van der Waals surface area (Å²) in [4.78, 5) is 4.13. The van der Waals surface area contributed by atoms with Crippen molar-refractivity contribution in [1.29, 1.82) is 0 Å². The largest absolute Gasteiger partial charge is 0.250 e. The van der Waals surface area contributed by atoms with Crippen LogP contribution in [0.15, 0.2) is 18.3 Å². The maximum Gasteiger partial charge on any atom is 0.101 e. The van der Waals surface area contributed by atoms with Crippen LogP contribution in [-0.4, -0.2) is 4.98 Å². The maximum atomic E-state index is 4.13. The zero-order valence-electron chi connectivity index (χ0n) is 6.68. The molecule has 1 aromatic heterocycles. The molecule has 0 saturated carbocycles. The second kappa shape index (κ2) is 4.70. The molecule has 0 fully saturated rings. The Balaban J connectivity index is 2.56. The highest BCUT2D eigenvalue weighted by Gasteiger charge is 1.92. The molecule has 11 heavy (non-hydrogen) atoms. The number of hydrogen-bond acceptors (Lipinski definition) is 1. The molecule has 0 unspecified atom stereocenters. The predicted molar refractivity (Wildman–Crippen MR) is 55.6 cm³/mol. The highest BCUT2D eigenvalue weighted by Crippen LogP contribution is 2.07. The molecule has 0 bridgehead atoms. The van der Waals surface area contributed by atoms with Gasteiger partial charge in [0.2, 0.25) is 0 Å². The zero-order valence-corrected chi connectivity index (χ0v) is 8.84. The first-order chi connectivity index (χ1) is 5.33. The molecule has 0 spiro atoms. The van der Waals surface area contributed by atoms with Gasteiger partial charge in [0.05, 0.1) is 0 Å². The molecular formula is C9H12IN. The molecule has 1 rings (SSSR count). The third-order valence-corrected chi connectivity index (χ3v) is 2.20. The second-order valence-corrected chi connectivity index (χ2v) is 3.70. The van der Waals surface area contributed by atoms with Gasteiger partial charge >= 0.3 is 0 Å². The summed E-state index contributed by atoms with van der Waals surface area (Å²) in [6.07, 6.45) is 5.61. The van der Waals surface area contributed by atoms with Crippen LogP contribution in [0, 0.1) is 3.70 Å². The van der Waals surface area contributed by atoms with Crippen molar-refractivity contribution >= 4 is 22.6 Å². The normalized spacial score (nSPS) is 10.0. The summed E-state index contributed by atoms with van der Waals surface area (Å²) >= 11 is 2.25. The Labute approximate surface area is 81.4 Å². The lowest BCUT2D eigenvalue weighted by Crippen LogP contribution is -1.87. The van der Waals surface area contributed by atoms with Gasteiger partial charge in [-0.2, -0.15) is 0 Å². The van der Waals surface area contributed by atoms with Crippen LogP contribution in [0.2, 0.25) is 0 Å². The molecule has 1 heterocycles. The Bertz CT molecular complexity index is 223. The van der Waals surface area contributed by atoms with Gasteiger partial charge < -0.3 is 0 Å². The van der Waals surface area contributed by atoms with Gasteiger partial charge in [-0.15, -0.1) is 0 Å². The van der Waals surface area contributed by atoms with Gasteiger partial charge in [0.15, 0.2) is 0 Å². The van der Waals surface area contributed by atoms with E-state index in [9.17, 15) is 0 Å². The van der Waals surface area contributed by atoms with Gasteiger partial charge in [0, 0.05) is 6.20 Å². The first kappa shape index (κ1) is 8.97. The third-order valence-electron chi connectivity index (χ3n) is 1.61. The molecule has 0 atom stereocenters. The first-order valence-corrected chi connectivity index (χ1v) is 5.01. The van der Waals surface area contributed by atoms with Crippen molar-refractivity contribution in [3.05, 3.63) is 27.6 Å². The number of hydrogen-bond donors (Lipinski definition) is 0. The van der Waals surface area contributed by atoms with Crippen LogP contribution in [0.4, 0.5) is 0 Å². The SMILES string of the molecule is CCCCc1ccnc(I)c1. The Kier molecular flexibility index (Phi) is 3.83. The van der Waals surface area contributed by atoms with Gasteiger partial charge in [-0.3, -0.25) is 4.98 Å². The summed E-state index contributed by atoms with van der Waals surface area (Å²) in [5, 5.41) is 0. The van der Waals surface area contributed by atoms with Crippen molar-refractivity contribution in [3.63, 3.8) is 0 Å². The number of pyridine rings is 1. The average molecular weight is 261 g/mol. The Morgan fingerprint density at radius 1 is 1.55 bits per heavy atom. The monoisotopic (exact) mass is 261 g/mol. The quantitative estimate of drug-likeness (QED) is 0.602. The molecule has 1 aromatic rings. The number of nitrogens with zero attached hydrogens (tertiary/aromatic N) is 1. The fourth-order valence-electron chi connectivity index (χ4n) is 0.979. The molecule has 0 aliphatic heterocycles. The summed E-state index contributed by atoms with van der Waals surface area (Å²) in [5.74, 6) is 0. The Morgan fingerprint density at radius 2 is 2.36 bits per heavy atom. The number of halogens is 1. The topological polar surface area (TPSA) is 12.9 Å². The maximum absolute atomic E-state index is 4.13. The molecule has 2 heteroatoms. The smallest absolute Gasteiger partial charge is 0.101 e. The van der Waals surface area contributed by atoms with Crippen molar-refractivity contribution in [1.82, 2.24) is 4.98 Å². The summed E-state index contributed by atoms with van der Waals surface area (Å²) in [5.41, 5.74) is 1.41. The first-order valence-electron chi connectivity index (χ1n) is 3.93. The molecule has 60 valence electrons. The molecule has 0 N–H and O–H groups in total. The number of aryl methyl sites for hydroxylation is 1. The lowest BCUT2D eigenvalue weighted by atomic mass is 10.1. The van der Waals surface area contributed by atoms with Crippen molar-refractivity contribution in [2.75, 3.05) is 0 Å². The van der Waals surface area contributed by atoms with E-state index < -0.39 is 0 Å². The van der Waals surface area contributed by atoms with Crippen LogP contribution in [0.5, 0.6) is 0 Å². The van der Waals surface area contributed by atoms with E-state index >= 15 is 0 Å². The fourth-order valence-corrected chi connectivity index (χ4v) is 1.54. The van der Waals surface area contributed by atoms with Crippen LogP contribution in [-0.2, 0) is 6.42 Å². The molecule has 0 radical (unpaired) electrons. The lowest BCUT2D eigenvalue weighted by molar-refractivity contribution is 0.793. The van der Waals surface area contributed by atoms with E-state index in [1.165, 1.54) is 24.8 Å². The minimum atomic E-state index is 1.09. The molecule has 0 aromatic carbocycles. The summed E-state index contributed by atoms with van der Waals surface area (Å²) < 4.78 is 1.09. The minimum absolute atomic E-state index is 1.09. The molecule has 0 aliphatic rings. The zero-order chi connectivity index (χ0) is 8.10. The summed E-state index contributed by atoms with van der Waals surface area (Å²) in [6.45, 7) is 2.21. The van der Waals surface area contributed by atoms with Crippen molar-refractivity contribution in [2.45, 2.75) is 26.2 Å². The molecule has 1 nitrogen and oxygen atoms in total. The Morgan fingerprint density at radius 3 is 3.00 bits per heavy atom. The lowest BCUT2D eigenvalue weighted by Gasteiger charge is -1.98. The van der Waals surface area contributed by atoms with Crippen LogP contribution >= 0.6 is 22.6 Å². The van der Waals surface area contributed by atoms with E-state index in [2.05, 4.69) is 46.6 Å². The number of rotatable bonds is 3. The average Bonchev–Trinajstić information content (AvgIpc) is 2.01. The van der Waals surface area contributed by atoms with Gasteiger partial charge in [-0.05, 0) is 53.1 Å². The van der Waals surface area contributed by atoms with E-state index in [4.69, 9.17) is 0 Å². The number of aromatic nitrogens is 1. The van der Waals surface area contributed by atoms with Crippen LogP contribution in [0.25, 0.3) is 0 Å². The fraction of sp³-hybridized carbons (Fsp3) is 0.444. The van der Waals surface area contributed by atoms with Crippen LogP contribution in [0.3, 0.4) is 0 Å². The highest BCUT2D eigenvalue weighted by atomic mass is 127. The van der Waals surface area contributed by atoms with Crippen molar-refractivity contribution in [3.8, 4) is 0 Å². The van der Waals surface area contributed by atoms with E-state index in [1.807, 2.05) is 6.20 Å². The minimum Gasteiger partial charge on any atom is -0.250 e. The molecule has 0 amide bonds. The van der Waals surface area contributed by atoms with Crippen molar-refractivity contribution in [2.24, 2.45) is 0 Å². The van der Waals surface area contributed by atoms with Gasteiger partial charge in [0.25, 0.3) is 0 Å². The standard InChI is InChI=1S/C9H12IN/c1-2-3-4-8-5-6-11-9(10)7-8/h5-7H,2-4H2,1H3. The second-order valence-electron chi connectivity index (χ2n) is 2.59. The van der Waals surface area contributed by atoms with Gasteiger partial charge in [0.1, 0.15) is 3.70 Å².